The van der Waals surface area contributed by atoms with E-state index in [0.29, 0.717) is 11.4 Å². The Bertz CT molecular complexity index is 951. The van der Waals surface area contributed by atoms with Gasteiger partial charge < -0.3 is 15.6 Å². The molecular weight excluding hydrogens is 352 g/mol. The number of carbonyl (C=O) groups is 2. The van der Waals surface area contributed by atoms with E-state index in [0.717, 1.165) is 16.6 Å². The lowest BCUT2D eigenvalue weighted by atomic mass is 9.86. The van der Waals surface area contributed by atoms with E-state index in [-0.39, 0.29) is 23.8 Å². The van der Waals surface area contributed by atoms with Crippen molar-refractivity contribution in [2.75, 3.05) is 0 Å². The quantitative estimate of drug-likeness (QED) is 0.637. The van der Waals surface area contributed by atoms with E-state index in [1.807, 2.05) is 36.4 Å². The lowest BCUT2D eigenvalue weighted by molar-refractivity contribution is -0.122. The summed E-state index contributed by atoms with van der Waals surface area (Å²) >= 11 is 0. The molecule has 1 aromatic heterocycles. The number of imidazole rings is 1. The molecule has 0 saturated heterocycles. The third-order valence-electron chi connectivity index (χ3n) is 4.62. The smallest absolute Gasteiger partial charge is 0.251 e. The number of nitrogens with one attached hydrogen (secondary N) is 3. The van der Waals surface area contributed by atoms with E-state index in [1.165, 1.54) is 0 Å². The van der Waals surface area contributed by atoms with Gasteiger partial charge in [0.05, 0.1) is 17.6 Å². The molecule has 3 rings (SSSR count). The summed E-state index contributed by atoms with van der Waals surface area (Å²) in [5, 5.41) is 5.53. The number of hydrogen-bond acceptors (Lipinski definition) is 3. The topological polar surface area (TPSA) is 86.9 Å². The summed E-state index contributed by atoms with van der Waals surface area (Å²) in [6, 6.07) is 14.5. The molecule has 0 spiro atoms. The van der Waals surface area contributed by atoms with Gasteiger partial charge in [-0.25, -0.2) is 4.98 Å². The maximum atomic E-state index is 12.4. The van der Waals surface area contributed by atoms with E-state index < -0.39 is 6.04 Å². The van der Waals surface area contributed by atoms with E-state index in [2.05, 4.69) is 41.4 Å². The van der Waals surface area contributed by atoms with Gasteiger partial charge in [0.15, 0.2) is 0 Å². The van der Waals surface area contributed by atoms with Crippen molar-refractivity contribution in [3.8, 4) is 0 Å². The fourth-order valence-electron chi connectivity index (χ4n) is 2.88. The monoisotopic (exact) mass is 378 g/mol. The summed E-state index contributed by atoms with van der Waals surface area (Å²) in [5.74, 6) is 0.137. The molecule has 0 aliphatic heterocycles. The molecule has 0 radical (unpaired) electrons. The molecule has 0 saturated carbocycles. The zero-order chi connectivity index (χ0) is 20.3. The van der Waals surface area contributed by atoms with Crippen LogP contribution < -0.4 is 10.6 Å². The third-order valence-corrected chi connectivity index (χ3v) is 4.62. The first-order valence-corrected chi connectivity index (χ1v) is 9.37. The van der Waals surface area contributed by atoms with Crippen LogP contribution >= 0.6 is 0 Å². The van der Waals surface area contributed by atoms with Crippen LogP contribution in [-0.4, -0.2) is 27.8 Å². The second-order valence-electron chi connectivity index (χ2n) is 7.94. The van der Waals surface area contributed by atoms with Crippen LogP contribution in [0.4, 0.5) is 0 Å². The predicted octanol–water partition coefficient (Wildman–Crippen LogP) is 3.30. The number of H-pyrrole nitrogens is 1. The molecule has 1 atom stereocenters. The van der Waals surface area contributed by atoms with Crippen molar-refractivity contribution in [1.29, 1.82) is 0 Å². The molecule has 146 valence electrons. The molecule has 28 heavy (non-hydrogen) atoms. The van der Waals surface area contributed by atoms with Gasteiger partial charge in [0, 0.05) is 5.56 Å². The molecule has 3 N–H and O–H groups in total. The summed E-state index contributed by atoms with van der Waals surface area (Å²) in [7, 11) is 0. The molecule has 0 fully saturated rings. The molecule has 1 unspecified atom stereocenters. The van der Waals surface area contributed by atoms with Crippen LogP contribution in [0.2, 0.25) is 0 Å². The second kappa shape index (κ2) is 7.84. The summed E-state index contributed by atoms with van der Waals surface area (Å²) in [4.78, 5) is 32.3. The number of rotatable bonds is 5. The molecule has 2 amide bonds. The van der Waals surface area contributed by atoms with Crippen LogP contribution in [0.3, 0.4) is 0 Å². The van der Waals surface area contributed by atoms with Gasteiger partial charge in [0.1, 0.15) is 11.9 Å². The van der Waals surface area contributed by atoms with Crippen LogP contribution in [0.25, 0.3) is 11.0 Å². The lowest BCUT2D eigenvalue weighted by Gasteiger charge is -2.19. The van der Waals surface area contributed by atoms with Gasteiger partial charge in [-0.3, -0.25) is 9.59 Å². The van der Waals surface area contributed by atoms with Crippen LogP contribution in [0.1, 0.15) is 49.4 Å². The van der Waals surface area contributed by atoms with Crippen molar-refractivity contribution in [1.82, 2.24) is 20.6 Å². The highest BCUT2D eigenvalue weighted by molar-refractivity contribution is 5.97. The molecule has 0 aliphatic rings. The van der Waals surface area contributed by atoms with Gasteiger partial charge >= 0.3 is 0 Å². The number of para-hydroxylation sites is 2. The minimum Gasteiger partial charge on any atom is -0.347 e. The van der Waals surface area contributed by atoms with Crippen molar-refractivity contribution in [3.63, 3.8) is 0 Å². The van der Waals surface area contributed by atoms with Crippen molar-refractivity contribution >= 4 is 22.8 Å². The predicted molar refractivity (Wildman–Crippen MR) is 110 cm³/mol. The average Bonchev–Trinajstić information content (AvgIpc) is 3.08. The Kier molecular flexibility index (Phi) is 5.49. The van der Waals surface area contributed by atoms with Crippen LogP contribution in [0.15, 0.2) is 48.5 Å². The van der Waals surface area contributed by atoms with Gasteiger partial charge in [-0.05, 0) is 42.2 Å². The molecular formula is C22H26N4O2. The number of carbonyl (C=O) groups excluding carboxylic acids is 2. The Morgan fingerprint density at radius 1 is 1.07 bits per heavy atom. The van der Waals surface area contributed by atoms with E-state index >= 15 is 0 Å². The minimum atomic E-state index is -0.654. The first-order valence-electron chi connectivity index (χ1n) is 9.37. The number of fused-ring (bicyclic) bond motifs is 1. The highest BCUT2D eigenvalue weighted by Gasteiger charge is 2.18. The zero-order valence-corrected chi connectivity index (χ0v) is 16.7. The van der Waals surface area contributed by atoms with Crippen LogP contribution in [-0.2, 0) is 16.8 Å². The summed E-state index contributed by atoms with van der Waals surface area (Å²) < 4.78 is 0. The van der Waals surface area contributed by atoms with Crippen molar-refractivity contribution in [2.45, 2.75) is 45.7 Å². The highest BCUT2D eigenvalue weighted by Crippen LogP contribution is 2.22. The number of hydrogen-bond donors (Lipinski definition) is 3. The molecule has 0 bridgehead atoms. The molecule has 6 nitrogen and oxygen atoms in total. The van der Waals surface area contributed by atoms with Gasteiger partial charge in [-0.2, -0.15) is 0 Å². The van der Waals surface area contributed by atoms with E-state index in [4.69, 9.17) is 0 Å². The summed E-state index contributed by atoms with van der Waals surface area (Å²) in [5.41, 5.74) is 3.49. The first kappa shape index (κ1) is 19.6. The molecule has 3 aromatic rings. The summed E-state index contributed by atoms with van der Waals surface area (Å²) in [6.07, 6.45) is 0. The Labute approximate surface area is 164 Å². The van der Waals surface area contributed by atoms with Gasteiger partial charge in [-0.1, -0.05) is 45.0 Å². The van der Waals surface area contributed by atoms with Crippen LogP contribution in [0, 0.1) is 0 Å². The molecule has 1 heterocycles. The standard InChI is InChI=1S/C22H26N4O2/c1-14(24-21(28)15-9-11-16(12-10-15)22(2,3)4)20(27)23-13-19-25-17-7-5-6-8-18(17)26-19/h5-12,14H,13H2,1-4H3,(H,23,27)(H,24,28)(H,25,26). The summed E-state index contributed by atoms with van der Waals surface area (Å²) in [6.45, 7) is 8.30. The Morgan fingerprint density at radius 2 is 1.75 bits per heavy atom. The minimum absolute atomic E-state index is 0.0266. The van der Waals surface area contributed by atoms with Crippen molar-refractivity contribution < 1.29 is 9.59 Å². The Hall–Kier alpha value is -3.15. The van der Waals surface area contributed by atoms with Crippen molar-refractivity contribution in [2.24, 2.45) is 0 Å². The van der Waals surface area contributed by atoms with Gasteiger partial charge in [0.25, 0.3) is 5.91 Å². The Morgan fingerprint density at radius 3 is 2.39 bits per heavy atom. The van der Waals surface area contributed by atoms with Gasteiger partial charge in [0.2, 0.25) is 5.91 Å². The highest BCUT2D eigenvalue weighted by atomic mass is 16.2. The zero-order valence-electron chi connectivity index (χ0n) is 16.7. The fraction of sp³-hybridized carbons (Fsp3) is 0.318. The fourth-order valence-corrected chi connectivity index (χ4v) is 2.88. The Balaban J connectivity index is 1.55. The second-order valence-corrected chi connectivity index (χ2v) is 7.94. The third kappa shape index (κ3) is 4.57. The maximum Gasteiger partial charge on any atom is 0.251 e. The number of amides is 2. The first-order chi connectivity index (χ1) is 13.2. The van der Waals surface area contributed by atoms with Gasteiger partial charge in [-0.15, -0.1) is 0 Å². The van der Waals surface area contributed by atoms with E-state index in [1.54, 1.807) is 19.1 Å². The van der Waals surface area contributed by atoms with E-state index in [9.17, 15) is 9.59 Å². The molecule has 6 heteroatoms. The van der Waals surface area contributed by atoms with Crippen LogP contribution in [0.5, 0.6) is 0 Å². The van der Waals surface area contributed by atoms with Crippen molar-refractivity contribution in [3.05, 3.63) is 65.5 Å². The number of benzene rings is 2. The lowest BCUT2D eigenvalue weighted by Crippen LogP contribution is -2.44. The maximum absolute atomic E-state index is 12.4. The molecule has 0 aliphatic carbocycles. The number of aromatic amines is 1. The SMILES string of the molecule is CC(NC(=O)c1ccc(C(C)(C)C)cc1)C(=O)NCc1nc2ccccc2[nH]1. The normalized spacial score (nSPS) is 12.6. The number of nitrogens with zero attached hydrogens (tertiary/aromatic N) is 1. The molecule has 2 aromatic carbocycles. The largest absolute Gasteiger partial charge is 0.347 e. The number of aromatic nitrogens is 2. The average molecular weight is 378 g/mol.